The summed E-state index contributed by atoms with van der Waals surface area (Å²) in [5.41, 5.74) is 1.70. The van der Waals surface area contributed by atoms with E-state index in [0.717, 1.165) is 49.7 Å². The van der Waals surface area contributed by atoms with Crippen LogP contribution < -0.4 is 5.32 Å². The van der Waals surface area contributed by atoms with Gasteiger partial charge in [-0.3, -0.25) is 9.89 Å². The first-order valence-corrected chi connectivity index (χ1v) is 9.78. The topological polar surface area (TPSA) is 40.1 Å². The van der Waals surface area contributed by atoms with Crippen LogP contribution in [0.15, 0.2) is 29.3 Å². The van der Waals surface area contributed by atoms with E-state index in [1.165, 1.54) is 0 Å². The number of alkyl halides is 3. The van der Waals surface area contributed by atoms with E-state index in [4.69, 9.17) is 4.74 Å². The van der Waals surface area contributed by atoms with E-state index >= 15 is 0 Å². The van der Waals surface area contributed by atoms with Gasteiger partial charge in [0, 0.05) is 32.7 Å². The lowest BCUT2D eigenvalue weighted by molar-refractivity contribution is -0.176. The molecule has 1 fully saturated rings. The minimum Gasteiger partial charge on any atom is -0.367 e. The Hall–Kier alpha value is -1.07. The molecule has 0 aromatic heterocycles. The van der Waals surface area contributed by atoms with Crippen molar-refractivity contribution in [1.82, 2.24) is 15.1 Å². The van der Waals surface area contributed by atoms with Gasteiger partial charge in [0.1, 0.15) is 6.61 Å². The molecule has 9 heteroatoms. The number of rotatable bonds is 8. The molecule has 1 atom stereocenters. The van der Waals surface area contributed by atoms with Gasteiger partial charge in [0.25, 0.3) is 0 Å². The number of likely N-dealkylation sites (N-methyl/N-ethyl adjacent to an activating group) is 1. The van der Waals surface area contributed by atoms with Crippen LogP contribution in [0.3, 0.4) is 0 Å². The number of hydrogen-bond acceptors (Lipinski definition) is 3. The first-order valence-electron chi connectivity index (χ1n) is 9.78. The summed E-state index contributed by atoms with van der Waals surface area (Å²) in [6.07, 6.45) is -3.18. The Labute approximate surface area is 188 Å². The molecule has 1 aromatic carbocycles. The van der Waals surface area contributed by atoms with Crippen molar-refractivity contribution in [1.29, 1.82) is 0 Å². The zero-order valence-corrected chi connectivity index (χ0v) is 19.7. The molecule has 1 saturated heterocycles. The number of halogens is 4. The molecule has 1 unspecified atom stereocenters. The second kappa shape index (κ2) is 12.6. The van der Waals surface area contributed by atoms with Gasteiger partial charge >= 0.3 is 6.18 Å². The number of aliphatic imine (C=N–C) groups is 1. The van der Waals surface area contributed by atoms with Crippen LogP contribution in [0.4, 0.5) is 13.2 Å². The van der Waals surface area contributed by atoms with Crippen molar-refractivity contribution >= 4 is 29.9 Å². The second-order valence-electron chi connectivity index (χ2n) is 6.94. The second-order valence-corrected chi connectivity index (χ2v) is 6.94. The summed E-state index contributed by atoms with van der Waals surface area (Å²) >= 11 is 0. The van der Waals surface area contributed by atoms with E-state index in [9.17, 15) is 13.2 Å². The maximum atomic E-state index is 12.2. The Morgan fingerprint density at radius 3 is 2.59 bits per heavy atom. The SMILES string of the molecule is CCN(CC)C1CCN(C(=NC)NCc2cccc(COCC(F)(F)F)c2)C1.I. The standard InChI is InChI=1S/C20H31F3N4O.HI/c1-4-26(5-2)18-9-10-27(13-18)19(24-3)25-12-16-7-6-8-17(11-16)14-28-15-20(21,22)23;/h6-8,11,18H,4-5,9-10,12-15H2,1-3H3,(H,24,25);1H. The molecule has 1 heterocycles. The van der Waals surface area contributed by atoms with Crippen LogP contribution in [0.1, 0.15) is 31.4 Å². The molecule has 0 saturated carbocycles. The molecule has 0 spiro atoms. The zero-order chi connectivity index (χ0) is 20.6. The highest BCUT2D eigenvalue weighted by Crippen LogP contribution is 2.17. The number of nitrogens with zero attached hydrogens (tertiary/aromatic N) is 3. The van der Waals surface area contributed by atoms with Crippen molar-refractivity contribution in [3.8, 4) is 0 Å². The third-order valence-electron chi connectivity index (χ3n) is 4.98. The Kier molecular flexibility index (Phi) is 11.3. The molecule has 1 aromatic rings. The average Bonchev–Trinajstić information content (AvgIpc) is 3.12. The molecule has 1 N–H and O–H groups in total. The van der Waals surface area contributed by atoms with Crippen LogP contribution in [0.25, 0.3) is 0 Å². The van der Waals surface area contributed by atoms with Gasteiger partial charge in [-0.25, -0.2) is 0 Å². The van der Waals surface area contributed by atoms with Crippen molar-refractivity contribution in [3.63, 3.8) is 0 Å². The monoisotopic (exact) mass is 528 g/mol. The fourth-order valence-electron chi connectivity index (χ4n) is 3.60. The maximum Gasteiger partial charge on any atom is 0.411 e. The van der Waals surface area contributed by atoms with Gasteiger partial charge in [-0.15, -0.1) is 24.0 Å². The smallest absolute Gasteiger partial charge is 0.367 e. The highest BCUT2D eigenvalue weighted by atomic mass is 127. The lowest BCUT2D eigenvalue weighted by atomic mass is 10.1. The van der Waals surface area contributed by atoms with Crippen LogP contribution in [0, 0.1) is 0 Å². The van der Waals surface area contributed by atoms with E-state index in [1.54, 1.807) is 13.1 Å². The van der Waals surface area contributed by atoms with E-state index in [-0.39, 0.29) is 30.6 Å². The third kappa shape index (κ3) is 8.67. The summed E-state index contributed by atoms with van der Waals surface area (Å²) in [7, 11) is 1.77. The summed E-state index contributed by atoms with van der Waals surface area (Å²) in [6.45, 7) is 7.65. The lowest BCUT2D eigenvalue weighted by Crippen LogP contribution is -2.43. The molecule has 166 valence electrons. The van der Waals surface area contributed by atoms with Crippen LogP contribution in [-0.2, 0) is 17.9 Å². The maximum absolute atomic E-state index is 12.2. The van der Waals surface area contributed by atoms with Gasteiger partial charge in [0.15, 0.2) is 5.96 Å². The number of likely N-dealkylation sites (tertiary alicyclic amines) is 1. The first-order chi connectivity index (χ1) is 13.4. The minimum absolute atomic E-state index is 0. The largest absolute Gasteiger partial charge is 0.411 e. The van der Waals surface area contributed by atoms with Crippen LogP contribution >= 0.6 is 24.0 Å². The molecule has 1 aliphatic heterocycles. The Bertz CT molecular complexity index is 638. The lowest BCUT2D eigenvalue weighted by Gasteiger charge is -2.27. The van der Waals surface area contributed by atoms with E-state index in [0.29, 0.717) is 12.6 Å². The van der Waals surface area contributed by atoms with E-state index in [1.807, 2.05) is 18.2 Å². The molecule has 5 nitrogen and oxygen atoms in total. The number of ether oxygens (including phenoxy) is 1. The molecule has 2 rings (SSSR count). The molecule has 29 heavy (non-hydrogen) atoms. The summed E-state index contributed by atoms with van der Waals surface area (Å²) in [6, 6.07) is 7.94. The van der Waals surface area contributed by atoms with Crippen molar-refractivity contribution < 1.29 is 17.9 Å². The molecule has 0 radical (unpaired) electrons. The van der Waals surface area contributed by atoms with E-state index in [2.05, 4.69) is 34.0 Å². The zero-order valence-electron chi connectivity index (χ0n) is 17.3. The van der Waals surface area contributed by atoms with Gasteiger partial charge in [-0.05, 0) is 30.6 Å². The summed E-state index contributed by atoms with van der Waals surface area (Å²) in [5, 5.41) is 3.37. The van der Waals surface area contributed by atoms with Gasteiger partial charge in [-0.2, -0.15) is 13.2 Å². The van der Waals surface area contributed by atoms with Crippen LogP contribution in [0.2, 0.25) is 0 Å². The number of hydrogen-bond donors (Lipinski definition) is 1. The normalized spacial score (nSPS) is 17.6. The highest BCUT2D eigenvalue weighted by Gasteiger charge is 2.28. The van der Waals surface area contributed by atoms with Crippen LogP contribution in [-0.4, -0.2) is 67.8 Å². The predicted octanol–water partition coefficient (Wildman–Crippen LogP) is 3.88. The van der Waals surface area contributed by atoms with Crippen molar-refractivity contribution in [2.24, 2.45) is 4.99 Å². The van der Waals surface area contributed by atoms with Gasteiger partial charge < -0.3 is 15.0 Å². The quantitative estimate of drug-likeness (QED) is 0.316. The Balaban J connectivity index is 0.00000420. The molecular formula is C20H32F3IN4O. The van der Waals surface area contributed by atoms with Crippen molar-refractivity contribution in [3.05, 3.63) is 35.4 Å². The average molecular weight is 528 g/mol. The predicted molar refractivity (Wildman–Crippen MR) is 121 cm³/mol. The molecule has 1 aliphatic rings. The fraction of sp³-hybridized carbons (Fsp3) is 0.650. The summed E-state index contributed by atoms with van der Waals surface area (Å²) < 4.78 is 41.3. The van der Waals surface area contributed by atoms with Gasteiger partial charge in [-0.1, -0.05) is 38.1 Å². The van der Waals surface area contributed by atoms with Gasteiger partial charge in [0.05, 0.1) is 6.61 Å². The molecule has 0 amide bonds. The Morgan fingerprint density at radius 2 is 1.97 bits per heavy atom. The number of guanidine groups is 1. The number of benzene rings is 1. The highest BCUT2D eigenvalue weighted by molar-refractivity contribution is 14.0. The first kappa shape index (κ1) is 26.0. The fourth-order valence-corrected chi connectivity index (χ4v) is 3.60. The molecule has 0 aliphatic carbocycles. The minimum atomic E-state index is -4.30. The molecule has 0 bridgehead atoms. The van der Waals surface area contributed by atoms with Crippen molar-refractivity contribution in [2.75, 3.05) is 39.8 Å². The van der Waals surface area contributed by atoms with Crippen LogP contribution in [0.5, 0.6) is 0 Å². The van der Waals surface area contributed by atoms with Crippen molar-refractivity contribution in [2.45, 2.75) is 45.6 Å². The van der Waals surface area contributed by atoms with Gasteiger partial charge in [0.2, 0.25) is 0 Å². The third-order valence-corrected chi connectivity index (χ3v) is 4.98. The molecular weight excluding hydrogens is 496 g/mol. The number of nitrogens with one attached hydrogen (secondary N) is 1. The summed E-state index contributed by atoms with van der Waals surface area (Å²) in [5.74, 6) is 0.855. The Morgan fingerprint density at radius 1 is 1.28 bits per heavy atom. The summed E-state index contributed by atoms with van der Waals surface area (Å²) in [4.78, 5) is 9.13. The van der Waals surface area contributed by atoms with E-state index < -0.39 is 12.8 Å².